The van der Waals surface area contributed by atoms with Gasteiger partial charge in [0.15, 0.2) is 0 Å². The molecule has 2 aromatic rings. The summed E-state index contributed by atoms with van der Waals surface area (Å²) in [6, 6.07) is 14.7. The maximum atomic E-state index is 4.42. The third-order valence-corrected chi connectivity index (χ3v) is 2.68. The zero-order valence-corrected chi connectivity index (χ0v) is 9.14. The summed E-state index contributed by atoms with van der Waals surface area (Å²) in [6.45, 7) is 4.29. The number of hydrogen-bond acceptors (Lipinski definition) is 1. The largest absolute Gasteiger partial charge is 0.261 e. The topological polar surface area (TPSA) is 12.9 Å². The van der Waals surface area contributed by atoms with Gasteiger partial charge in [-0.1, -0.05) is 37.3 Å². The van der Waals surface area contributed by atoms with E-state index in [4.69, 9.17) is 0 Å². The van der Waals surface area contributed by atoms with Crippen molar-refractivity contribution in [2.24, 2.45) is 0 Å². The highest BCUT2D eigenvalue weighted by atomic mass is 14.7. The normalized spacial score (nSPS) is 12.4. The first-order valence-corrected chi connectivity index (χ1v) is 5.25. The summed E-state index contributed by atoms with van der Waals surface area (Å²) < 4.78 is 0. The molecule has 1 nitrogen and oxygen atoms in total. The molecule has 0 N–H and O–H groups in total. The molecule has 0 aliphatic carbocycles. The fourth-order valence-corrected chi connectivity index (χ4v) is 1.71. The molecular formula is C14H15N. The molecule has 0 saturated carbocycles. The standard InChI is InChI=1S/C14H15N/c1-11-8-9-15-14(10-11)12(2)13-6-4-3-5-7-13/h3-10,12H,1-2H3. The molecule has 76 valence electrons. The third-order valence-electron chi connectivity index (χ3n) is 2.68. The molecule has 15 heavy (non-hydrogen) atoms. The van der Waals surface area contributed by atoms with E-state index >= 15 is 0 Å². The number of pyridine rings is 1. The van der Waals surface area contributed by atoms with Crippen molar-refractivity contribution < 1.29 is 0 Å². The zero-order chi connectivity index (χ0) is 10.7. The van der Waals surface area contributed by atoms with E-state index in [-0.39, 0.29) is 0 Å². The molecule has 1 unspecified atom stereocenters. The lowest BCUT2D eigenvalue weighted by Crippen LogP contribution is -1.98. The maximum absolute atomic E-state index is 4.42. The lowest BCUT2D eigenvalue weighted by atomic mass is 9.97. The van der Waals surface area contributed by atoms with Crippen LogP contribution in [-0.2, 0) is 0 Å². The Hall–Kier alpha value is -1.63. The van der Waals surface area contributed by atoms with Crippen molar-refractivity contribution in [2.45, 2.75) is 19.8 Å². The summed E-state index contributed by atoms with van der Waals surface area (Å²) >= 11 is 0. The number of rotatable bonds is 2. The molecule has 0 radical (unpaired) electrons. The first kappa shape index (κ1) is 9.91. The second kappa shape index (κ2) is 4.26. The van der Waals surface area contributed by atoms with E-state index in [1.807, 2.05) is 18.3 Å². The predicted octanol–water partition coefficient (Wildman–Crippen LogP) is 3.54. The molecule has 0 bridgehead atoms. The van der Waals surface area contributed by atoms with Crippen molar-refractivity contribution in [1.82, 2.24) is 4.98 Å². The first-order chi connectivity index (χ1) is 7.27. The average Bonchev–Trinajstić information content (AvgIpc) is 2.29. The van der Waals surface area contributed by atoms with Crippen LogP contribution in [0.4, 0.5) is 0 Å². The van der Waals surface area contributed by atoms with Crippen molar-refractivity contribution >= 4 is 0 Å². The van der Waals surface area contributed by atoms with E-state index in [1.165, 1.54) is 11.1 Å². The highest BCUT2D eigenvalue weighted by molar-refractivity contribution is 5.29. The van der Waals surface area contributed by atoms with Gasteiger partial charge in [-0.2, -0.15) is 0 Å². The smallest absolute Gasteiger partial charge is 0.0478 e. The fraction of sp³-hybridized carbons (Fsp3) is 0.214. The van der Waals surface area contributed by atoms with Crippen molar-refractivity contribution in [3.8, 4) is 0 Å². The summed E-state index contributed by atoms with van der Waals surface area (Å²) in [5, 5.41) is 0. The number of aromatic nitrogens is 1. The summed E-state index contributed by atoms with van der Waals surface area (Å²) in [5.74, 6) is 0.367. The van der Waals surface area contributed by atoms with E-state index in [2.05, 4.69) is 49.2 Å². The number of aryl methyl sites for hydroxylation is 1. The van der Waals surface area contributed by atoms with E-state index < -0.39 is 0 Å². The van der Waals surface area contributed by atoms with Gasteiger partial charge in [0.05, 0.1) is 0 Å². The van der Waals surface area contributed by atoms with Crippen LogP contribution < -0.4 is 0 Å². The van der Waals surface area contributed by atoms with Crippen molar-refractivity contribution in [1.29, 1.82) is 0 Å². The van der Waals surface area contributed by atoms with E-state index in [0.29, 0.717) is 5.92 Å². The second-order valence-electron chi connectivity index (χ2n) is 3.89. The van der Waals surface area contributed by atoms with Crippen LogP contribution in [0.1, 0.15) is 29.7 Å². The molecule has 0 fully saturated rings. The minimum atomic E-state index is 0.367. The molecular weight excluding hydrogens is 182 g/mol. The van der Waals surface area contributed by atoms with Gasteiger partial charge < -0.3 is 0 Å². The van der Waals surface area contributed by atoms with Gasteiger partial charge in [-0.15, -0.1) is 0 Å². The fourth-order valence-electron chi connectivity index (χ4n) is 1.71. The molecule has 0 saturated heterocycles. The van der Waals surface area contributed by atoms with Crippen molar-refractivity contribution in [3.63, 3.8) is 0 Å². The molecule has 1 atom stereocenters. The van der Waals surface area contributed by atoms with Crippen LogP contribution in [0, 0.1) is 6.92 Å². The maximum Gasteiger partial charge on any atom is 0.0478 e. The summed E-state index contributed by atoms with van der Waals surface area (Å²) in [4.78, 5) is 4.42. The van der Waals surface area contributed by atoms with Gasteiger partial charge in [-0.25, -0.2) is 0 Å². The molecule has 0 spiro atoms. The molecule has 0 aliphatic rings. The lowest BCUT2D eigenvalue weighted by Gasteiger charge is -2.11. The monoisotopic (exact) mass is 197 g/mol. The molecule has 0 aliphatic heterocycles. The number of hydrogen-bond donors (Lipinski definition) is 0. The van der Waals surface area contributed by atoms with Gasteiger partial charge >= 0.3 is 0 Å². The van der Waals surface area contributed by atoms with Gasteiger partial charge in [0.25, 0.3) is 0 Å². The van der Waals surface area contributed by atoms with Crippen molar-refractivity contribution in [3.05, 3.63) is 65.5 Å². The highest BCUT2D eigenvalue weighted by Crippen LogP contribution is 2.22. The highest BCUT2D eigenvalue weighted by Gasteiger charge is 2.08. The van der Waals surface area contributed by atoms with Gasteiger partial charge in [0.2, 0.25) is 0 Å². The first-order valence-electron chi connectivity index (χ1n) is 5.25. The van der Waals surface area contributed by atoms with Crippen molar-refractivity contribution in [2.75, 3.05) is 0 Å². The molecule has 1 heteroatoms. The van der Waals surface area contributed by atoms with Crippen LogP contribution in [-0.4, -0.2) is 4.98 Å². The van der Waals surface area contributed by atoms with Crippen LogP contribution in [0.15, 0.2) is 48.7 Å². The zero-order valence-electron chi connectivity index (χ0n) is 9.14. The average molecular weight is 197 g/mol. The van der Waals surface area contributed by atoms with E-state index in [1.54, 1.807) is 0 Å². The van der Waals surface area contributed by atoms with Gasteiger partial charge in [0.1, 0.15) is 0 Å². The van der Waals surface area contributed by atoms with Gasteiger partial charge in [0, 0.05) is 17.8 Å². The molecule has 1 heterocycles. The van der Waals surface area contributed by atoms with Gasteiger partial charge in [-0.05, 0) is 30.2 Å². The Balaban J connectivity index is 2.32. The summed E-state index contributed by atoms with van der Waals surface area (Å²) in [6.07, 6.45) is 1.88. The number of nitrogens with zero attached hydrogens (tertiary/aromatic N) is 1. The molecule has 0 amide bonds. The minimum Gasteiger partial charge on any atom is -0.261 e. The Morgan fingerprint density at radius 2 is 1.80 bits per heavy atom. The predicted molar refractivity (Wildman–Crippen MR) is 62.9 cm³/mol. The second-order valence-corrected chi connectivity index (χ2v) is 3.89. The SMILES string of the molecule is Cc1ccnc(C(C)c2ccccc2)c1. The van der Waals surface area contributed by atoms with Crippen LogP contribution in [0.2, 0.25) is 0 Å². The van der Waals surface area contributed by atoms with E-state index in [0.717, 1.165) is 5.69 Å². The Morgan fingerprint density at radius 1 is 1.07 bits per heavy atom. The van der Waals surface area contributed by atoms with Crippen LogP contribution in [0.25, 0.3) is 0 Å². The molecule has 1 aromatic heterocycles. The Morgan fingerprint density at radius 3 is 2.47 bits per heavy atom. The van der Waals surface area contributed by atoms with Crippen LogP contribution >= 0.6 is 0 Å². The van der Waals surface area contributed by atoms with E-state index in [9.17, 15) is 0 Å². The van der Waals surface area contributed by atoms with Crippen LogP contribution in [0.3, 0.4) is 0 Å². The Labute approximate surface area is 90.8 Å². The summed E-state index contributed by atoms with van der Waals surface area (Å²) in [7, 11) is 0. The van der Waals surface area contributed by atoms with Gasteiger partial charge in [-0.3, -0.25) is 4.98 Å². The molecule has 2 rings (SSSR count). The molecule has 1 aromatic carbocycles. The lowest BCUT2D eigenvalue weighted by molar-refractivity contribution is 0.868. The number of benzene rings is 1. The minimum absolute atomic E-state index is 0.367. The Bertz CT molecular complexity index is 434. The Kier molecular flexibility index (Phi) is 2.82. The van der Waals surface area contributed by atoms with Crippen LogP contribution in [0.5, 0.6) is 0 Å². The third kappa shape index (κ3) is 2.24. The summed E-state index contributed by atoms with van der Waals surface area (Å²) in [5.41, 5.74) is 3.72. The quantitative estimate of drug-likeness (QED) is 0.717.